The lowest BCUT2D eigenvalue weighted by molar-refractivity contribution is -0.110. The molecule has 4 aliphatic carbocycles. The van der Waals surface area contributed by atoms with Crippen LogP contribution >= 0.6 is 0 Å². The van der Waals surface area contributed by atoms with Crippen LogP contribution in [0.3, 0.4) is 0 Å². The van der Waals surface area contributed by atoms with Crippen LogP contribution in [0.15, 0.2) is 53.4 Å². The number of benzene rings is 1. The Kier molecular flexibility index (Phi) is 8.69. The van der Waals surface area contributed by atoms with E-state index in [2.05, 4.69) is 48.4 Å². The van der Waals surface area contributed by atoms with Crippen molar-refractivity contribution in [3.8, 4) is 11.3 Å². The number of imidazole rings is 1. The van der Waals surface area contributed by atoms with Gasteiger partial charge >= 0.3 is 15.6 Å². The molecule has 2 aromatic rings. The van der Waals surface area contributed by atoms with Gasteiger partial charge in [0, 0.05) is 17.9 Å². The molecule has 1 aromatic heterocycles. The predicted molar refractivity (Wildman–Crippen MR) is 165 cm³/mol. The largest absolute Gasteiger partial charge is 0.534 e. The number of carbonyl (C=O) groups is 1. The highest BCUT2D eigenvalue weighted by Gasteiger charge is 2.52. The standard InChI is InChI=1S/C34H42F3N3O4S/c1-21(2)17-28(24-9-10-25(18-24)39-20-41)32-38-19-29(40-32)23-7-5-22(6-8-23)26-11-12-30(44-45(42,43)34(35,36)37)27-13-16-33(31(26)27)14-3-4-15-33/h5-8,12,19-21,24-26,28H,3-4,9-11,13-18H2,1-2H3,(H,38,40)(H,39,41). The number of alkyl halides is 3. The molecule has 4 aliphatic rings. The zero-order valence-corrected chi connectivity index (χ0v) is 26.6. The number of amides is 1. The molecule has 0 saturated heterocycles. The number of carbonyl (C=O) groups excluding carboxylic acids is 1. The predicted octanol–water partition coefficient (Wildman–Crippen LogP) is 8.01. The highest BCUT2D eigenvalue weighted by Crippen LogP contribution is 2.61. The average Bonchev–Trinajstić information content (AvgIpc) is 3.81. The summed E-state index contributed by atoms with van der Waals surface area (Å²) in [5, 5.41) is 2.95. The van der Waals surface area contributed by atoms with E-state index < -0.39 is 15.6 Å². The van der Waals surface area contributed by atoms with Crippen molar-refractivity contribution in [2.24, 2.45) is 17.3 Å². The number of rotatable bonds is 10. The molecule has 0 aliphatic heterocycles. The van der Waals surface area contributed by atoms with Gasteiger partial charge in [0.15, 0.2) is 0 Å². The van der Waals surface area contributed by atoms with E-state index in [1.807, 2.05) is 6.20 Å². The fourth-order valence-corrected chi connectivity index (χ4v) is 9.11. The lowest BCUT2D eigenvalue weighted by Gasteiger charge is -2.35. The van der Waals surface area contributed by atoms with E-state index in [1.165, 1.54) is 6.08 Å². The van der Waals surface area contributed by atoms with Crippen LogP contribution in [0.5, 0.6) is 0 Å². The number of hydrogen-bond acceptors (Lipinski definition) is 5. The molecule has 2 N–H and O–H groups in total. The maximum Gasteiger partial charge on any atom is 0.534 e. The Morgan fingerprint density at radius 2 is 1.87 bits per heavy atom. The Morgan fingerprint density at radius 1 is 1.13 bits per heavy atom. The molecule has 6 rings (SSSR count). The molecule has 244 valence electrons. The molecular formula is C34H42F3N3O4S. The summed E-state index contributed by atoms with van der Waals surface area (Å²) in [4.78, 5) is 19.4. The van der Waals surface area contributed by atoms with E-state index in [4.69, 9.17) is 9.17 Å². The van der Waals surface area contributed by atoms with Crippen LogP contribution in [-0.4, -0.2) is 36.3 Å². The summed E-state index contributed by atoms with van der Waals surface area (Å²) >= 11 is 0. The van der Waals surface area contributed by atoms with Crippen LogP contribution in [0.4, 0.5) is 13.2 Å². The second-order valence-electron chi connectivity index (χ2n) is 13.8. The maximum absolute atomic E-state index is 13.2. The summed E-state index contributed by atoms with van der Waals surface area (Å²) in [6.45, 7) is 4.44. The molecule has 1 spiro atoms. The topological polar surface area (TPSA) is 101 Å². The Labute approximate surface area is 263 Å². The molecule has 4 atom stereocenters. The maximum atomic E-state index is 13.2. The van der Waals surface area contributed by atoms with Crippen LogP contribution in [0, 0.1) is 17.3 Å². The van der Waals surface area contributed by atoms with Crippen molar-refractivity contribution < 1.29 is 30.6 Å². The van der Waals surface area contributed by atoms with Gasteiger partial charge in [-0.15, -0.1) is 0 Å². The normalized spacial score (nSPS) is 25.5. The lowest BCUT2D eigenvalue weighted by atomic mass is 9.69. The van der Waals surface area contributed by atoms with Crippen molar-refractivity contribution >= 4 is 16.5 Å². The Hall–Kier alpha value is -3.08. The molecule has 1 aromatic carbocycles. The fourth-order valence-electron chi connectivity index (χ4n) is 8.61. The average molecular weight is 646 g/mol. The van der Waals surface area contributed by atoms with Crippen molar-refractivity contribution in [1.82, 2.24) is 15.3 Å². The van der Waals surface area contributed by atoms with E-state index >= 15 is 0 Å². The van der Waals surface area contributed by atoms with Gasteiger partial charge in [-0.3, -0.25) is 4.79 Å². The number of nitrogens with zero attached hydrogens (tertiary/aromatic N) is 1. The van der Waals surface area contributed by atoms with Crippen molar-refractivity contribution in [3.05, 3.63) is 64.8 Å². The minimum absolute atomic E-state index is 0.0429. The monoisotopic (exact) mass is 645 g/mol. The first kappa shape index (κ1) is 31.9. The number of H-pyrrole nitrogens is 1. The Morgan fingerprint density at radius 3 is 2.53 bits per heavy atom. The minimum atomic E-state index is -5.74. The summed E-state index contributed by atoms with van der Waals surface area (Å²) in [7, 11) is -5.74. The third-order valence-electron chi connectivity index (χ3n) is 10.6. The highest BCUT2D eigenvalue weighted by atomic mass is 32.2. The SMILES string of the molecule is CC(C)CC(c1ncc(-c2ccc(C3CC=C(OS(=O)(=O)C(F)(F)F)C4=C3C3(CCCC3)CC4)cc2)[nH]1)C1CCC(NC=O)C1. The van der Waals surface area contributed by atoms with Gasteiger partial charge in [0.05, 0.1) is 11.9 Å². The van der Waals surface area contributed by atoms with Gasteiger partial charge in [-0.1, -0.05) is 51.0 Å². The van der Waals surface area contributed by atoms with Crippen molar-refractivity contribution in [2.45, 2.75) is 108 Å². The number of aromatic nitrogens is 2. The second-order valence-corrected chi connectivity index (χ2v) is 15.4. The first-order valence-electron chi connectivity index (χ1n) is 16.2. The molecule has 2 fully saturated rings. The molecule has 45 heavy (non-hydrogen) atoms. The van der Waals surface area contributed by atoms with Gasteiger partial charge in [0.1, 0.15) is 11.6 Å². The van der Waals surface area contributed by atoms with Gasteiger partial charge in [-0.25, -0.2) is 4.98 Å². The van der Waals surface area contributed by atoms with Crippen molar-refractivity contribution in [3.63, 3.8) is 0 Å². The molecule has 4 unspecified atom stereocenters. The zero-order valence-electron chi connectivity index (χ0n) is 25.8. The summed E-state index contributed by atoms with van der Waals surface area (Å²) < 4.78 is 68.2. The van der Waals surface area contributed by atoms with Gasteiger partial charge in [-0.2, -0.15) is 21.6 Å². The minimum Gasteiger partial charge on any atom is -0.376 e. The number of nitrogens with one attached hydrogen (secondary N) is 2. The van der Waals surface area contributed by atoms with Gasteiger partial charge in [0.25, 0.3) is 0 Å². The van der Waals surface area contributed by atoms with E-state index in [1.54, 1.807) is 0 Å². The smallest absolute Gasteiger partial charge is 0.376 e. The number of hydrogen-bond donors (Lipinski definition) is 2. The first-order valence-corrected chi connectivity index (χ1v) is 17.6. The molecule has 7 nitrogen and oxygen atoms in total. The van der Waals surface area contributed by atoms with Crippen molar-refractivity contribution in [2.75, 3.05) is 0 Å². The molecule has 2 saturated carbocycles. The Balaban J connectivity index is 1.25. The quantitative estimate of drug-likeness (QED) is 0.155. The van der Waals surface area contributed by atoms with Crippen LogP contribution in [0.25, 0.3) is 11.3 Å². The summed E-state index contributed by atoms with van der Waals surface area (Å²) in [5.74, 6) is 2.01. The Bertz CT molecular complexity index is 1570. The molecule has 0 radical (unpaired) electrons. The molecular weight excluding hydrogens is 603 g/mol. The first-order chi connectivity index (χ1) is 21.4. The lowest BCUT2D eigenvalue weighted by Crippen LogP contribution is -2.27. The number of allylic oxidation sites excluding steroid dienone is 3. The van der Waals surface area contributed by atoms with E-state index in [0.717, 1.165) is 92.4 Å². The van der Waals surface area contributed by atoms with E-state index in [-0.39, 0.29) is 29.1 Å². The number of aromatic amines is 1. The fraction of sp³-hybridized carbons (Fsp3) is 0.588. The third kappa shape index (κ3) is 6.21. The summed E-state index contributed by atoms with van der Waals surface area (Å²) in [5.41, 5.74) is -0.900. The van der Waals surface area contributed by atoms with Crippen molar-refractivity contribution in [1.29, 1.82) is 0 Å². The van der Waals surface area contributed by atoms with Crippen LogP contribution < -0.4 is 5.32 Å². The molecule has 1 amide bonds. The van der Waals surface area contributed by atoms with Gasteiger partial charge in [-0.05, 0) is 103 Å². The molecule has 1 heterocycles. The van der Waals surface area contributed by atoms with E-state index in [9.17, 15) is 26.4 Å². The number of fused-ring (bicyclic) bond motifs is 1. The highest BCUT2D eigenvalue weighted by molar-refractivity contribution is 7.87. The molecule has 0 bridgehead atoms. The van der Waals surface area contributed by atoms with E-state index in [0.29, 0.717) is 30.3 Å². The molecule has 11 heteroatoms. The van der Waals surface area contributed by atoms with Crippen LogP contribution in [-0.2, 0) is 19.1 Å². The van der Waals surface area contributed by atoms with Gasteiger partial charge < -0.3 is 14.5 Å². The summed E-state index contributed by atoms with van der Waals surface area (Å²) in [6, 6.07) is 8.50. The van der Waals surface area contributed by atoms with Crippen LogP contribution in [0.2, 0.25) is 0 Å². The van der Waals surface area contributed by atoms with Gasteiger partial charge in [0.2, 0.25) is 6.41 Å². The third-order valence-corrected chi connectivity index (χ3v) is 11.6. The second kappa shape index (κ2) is 12.3. The van der Waals surface area contributed by atoms with Crippen LogP contribution in [0.1, 0.15) is 108 Å². The summed E-state index contributed by atoms with van der Waals surface area (Å²) in [6.07, 6.45) is 13.9. The zero-order chi connectivity index (χ0) is 32.0. The number of halogens is 3.